The summed E-state index contributed by atoms with van der Waals surface area (Å²) in [6.07, 6.45) is 0.406. The zero-order chi connectivity index (χ0) is 14.0. The molecule has 1 atom stereocenters. The smallest absolute Gasteiger partial charge is 0.258 e. The van der Waals surface area contributed by atoms with Gasteiger partial charge in [-0.1, -0.05) is 25.1 Å². The molecule has 5 heteroatoms. The van der Waals surface area contributed by atoms with Crippen molar-refractivity contribution >= 4 is 16.5 Å². The number of nitriles is 1. The highest BCUT2D eigenvalue weighted by Gasteiger charge is 2.26. The molecule has 0 N–H and O–H groups in total. The largest absolute Gasteiger partial charge is 0.312 e. The lowest BCUT2D eigenvalue weighted by atomic mass is 9.93. The molecular weight excluding hydrogens is 247 g/mol. The molecule has 0 heterocycles. The lowest BCUT2D eigenvalue weighted by molar-refractivity contribution is -0.385. The van der Waals surface area contributed by atoms with Crippen LogP contribution in [-0.4, -0.2) is 4.92 Å². The zero-order valence-electron chi connectivity index (χ0n) is 10.3. The molecule has 2 aromatic rings. The lowest BCUT2D eigenvalue weighted by Gasteiger charge is -2.10. The minimum atomic E-state index is -0.905. The fraction of sp³-hybridized carbons (Fsp3) is 0.214. The van der Waals surface area contributed by atoms with Gasteiger partial charge in [-0.3, -0.25) is 10.1 Å². The maximum atomic E-state index is 14.3. The highest BCUT2D eigenvalue weighted by atomic mass is 19.1. The Morgan fingerprint density at radius 2 is 2.16 bits per heavy atom. The third kappa shape index (κ3) is 2.13. The molecule has 0 saturated carbocycles. The van der Waals surface area contributed by atoms with Crippen LogP contribution in [0.2, 0.25) is 0 Å². The van der Waals surface area contributed by atoms with E-state index in [0.717, 1.165) is 0 Å². The van der Waals surface area contributed by atoms with Crippen LogP contribution in [0.15, 0.2) is 30.3 Å². The Bertz CT molecular complexity index is 692. The summed E-state index contributed by atoms with van der Waals surface area (Å²) in [6, 6.07) is 10.0. The van der Waals surface area contributed by atoms with Crippen molar-refractivity contribution < 1.29 is 9.31 Å². The van der Waals surface area contributed by atoms with Crippen molar-refractivity contribution in [2.75, 3.05) is 0 Å². The molecule has 2 rings (SSSR count). The predicted molar refractivity (Wildman–Crippen MR) is 69.2 cm³/mol. The molecule has 0 bridgehead atoms. The average Bonchev–Trinajstić information content (AvgIpc) is 2.40. The predicted octanol–water partition coefficient (Wildman–Crippen LogP) is 3.90. The maximum absolute atomic E-state index is 14.3. The second-order valence-electron chi connectivity index (χ2n) is 4.20. The molecular formula is C14H11FN2O2. The number of fused-ring (bicyclic) bond motifs is 1. The molecule has 0 aromatic heterocycles. The molecule has 0 aliphatic rings. The van der Waals surface area contributed by atoms with Crippen molar-refractivity contribution in [1.29, 1.82) is 5.26 Å². The van der Waals surface area contributed by atoms with Gasteiger partial charge in [0.25, 0.3) is 0 Å². The Hall–Kier alpha value is -2.48. The Balaban J connectivity index is 2.85. The molecule has 96 valence electrons. The average molecular weight is 258 g/mol. The van der Waals surface area contributed by atoms with E-state index in [1.807, 2.05) is 6.07 Å². The molecule has 0 saturated heterocycles. The topological polar surface area (TPSA) is 66.9 Å². The molecule has 0 amide bonds. The summed E-state index contributed by atoms with van der Waals surface area (Å²) >= 11 is 0. The number of hydrogen-bond acceptors (Lipinski definition) is 3. The van der Waals surface area contributed by atoms with Gasteiger partial charge in [-0.25, -0.2) is 0 Å². The maximum Gasteiger partial charge on any atom is 0.312 e. The minimum Gasteiger partial charge on any atom is -0.258 e. The number of rotatable bonds is 3. The SMILES string of the molecule is CCC(C#N)c1cc2ccccc2c([N+](=O)[O-])c1F. The number of hydrogen-bond donors (Lipinski definition) is 0. The molecule has 0 aliphatic heterocycles. The quantitative estimate of drug-likeness (QED) is 0.619. The van der Waals surface area contributed by atoms with E-state index in [1.165, 1.54) is 12.1 Å². The molecule has 2 aromatic carbocycles. The summed E-state index contributed by atoms with van der Waals surface area (Å²) in [7, 11) is 0. The first-order chi connectivity index (χ1) is 9.10. The van der Waals surface area contributed by atoms with Gasteiger partial charge in [0.1, 0.15) is 0 Å². The van der Waals surface area contributed by atoms with Gasteiger partial charge in [-0.05, 0) is 23.9 Å². The Morgan fingerprint density at radius 3 is 2.74 bits per heavy atom. The second kappa shape index (κ2) is 5.02. The van der Waals surface area contributed by atoms with Crippen molar-refractivity contribution in [3.63, 3.8) is 0 Å². The molecule has 0 spiro atoms. The summed E-state index contributed by atoms with van der Waals surface area (Å²) in [5, 5.41) is 20.9. The molecule has 0 radical (unpaired) electrons. The first-order valence-corrected chi connectivity index (χ1v) is 5.85. The summed E-state index contributed by atoms with van der Waals surface area (Å²) < 4.78 is 14.3. The molecule has 0 aliphatic carbocycles. The third-order valence-electron chi connectivity index (χ3n) is 3.11. The number of benzene rings is 2. The third-order valence-corrected chi connectivity index (χ3v) is 3.11. The van der Waals surface area contributed by atoms with Gasteiger partial charge in [-0.15, -0.1) is 0 Å². The van der Waals surface area contributed by atoms with Crippen molar-refractivity contribution in [1.82, 2.24) is 0 Å². The van der Waals surface area contributed by atoms with Gasteiger partial charge in [0, 0.05) is 5.56 Å². The summed E-state index contributed by atoms with van der Waals surface area (Å²) in [5.41, 5.74) is -0.461. The summed E-state index contributed by atoms with van der Waals surface area (Å²) in [6.45, 7) is 1.74. The van der Waals surface area contributed by atoms with Gasteiger partial charge in [0.05, 0.1) is 22.3 Å². The fourth-order valence-corrected chi connectivity index (χ4v) is 2.14. The van der Waals surface area contributed by atoms with E-state index in [-0.39, 0.29) is 10.9 Å². The summed E-state index contributed by atoms with van der Waals surface area (Å²) in [4.78, 5) is 10.3. The van der Waals surface area contributed by atoms with E-state index in [9.17, 15) is 14.5 Å². The lowest BCUT2D eigenvalue weighted by Crippen LogP contribution is -2.03. The van der Waals surface area contributed by atoms with Gasteiger partial charge in [0.2, 0.25) is 5.82 Å². The first kappa shape index (κ1) is 13.0. The molecule has 1 unspecified atom stereocenters. The first-order valence-electron chi connectivity index (χ1n) is 5.85. The van der Waals surface area contributed by atoms with Crippen molar-refractivity contribution in [2.45, 2.75) is 19.3 Å². The van der Waals surface area contributed by atoms with E-state index in [1.54, 1.807) is 25.1 Å². The van der Waals surface area contributed by atoms with Crippen molar-refractivity contribution in [2.24, 2.45) is 0 Å². The normalized spacial score (nSPS) is 12.1. The standard InChI is InChI=1S/C14H11FN2O2/c1-2-9(8-16)12-7-10-5-3-4-6-11(10)14(13(12)15)17(18)19/h3-7,9H,2H2,1H3. The Morgan fingerprint density at radius 1 is 1.47 bits per heavy atom. The van der Waals surface area contributed by atoms with Crippen LogP contribution in [0, 0.1) is 27.3 Å². The monoisotopic (exact) mass is 258 g/mol. The van der Waals surface area contributed by atoms with E-state index in [2.05, 4.69) is 0 Å². The summed E-state index contributed by atoms with van der Waals surface area (Å²) in [5.74, 6) is -1.58. The van der Waals surface area contributed by atoms with Crippen molar-refractivity contribution in [3.05, 3.63) is 51.8 Å². The van der Waals surface area contributed by atoms with Crippen LogP contribution in [0.1, 0.15) is 24.8 Å². The highest BCUT2D eigenvalue weighted by molar-refractivity contribution is 5.92. The number of nitro benzene ring substituents is 1. The molecule has 4 nitrogen and oxygen atoms in total. The Kier molecular flexibility index (Phi) is 3.43. The van der Waals surface area contributed by atoms with Crippen LogP contribution in [0.25, 0.3) is 10.8 Å². The van der Waals surface area contributed by atoms with Gasteiger partial charge in [-0.2, -0.15) is 9.65 Å². The number of nitrogens with zero attached hydrogens (tertiary/aromatic N) is 2. The van der Waals surface area contributed by atoms with Crippen LogP contribution in [0.5, 0.6) is 0 Å². The number of nitro groups is 1. The van der Waals surface area contributed by atoms with Crippen LogP contribution >= 0.6 is 0 Å². The zero-order valence-corrected chi connectivity index (χ0v) is 10.3. The molecule has 19 heavy (non-hydrogen) atoms. The van der Waals surface area contributed by atoms with E-state index in [0.29, 0.717) is 11.8 Å². The Labute approximate surface area is 109 Å². The van der Waals surface area contributed by atoms with Crippen LogP contribution < -0.4 is 0 Å². The van der Waals surface area contributed by atoms with Crippen LogP contribution in [0.3, 0.4) is 0 Å². The van der Waals surface area contributed by atoms with E-state index >= 15 is 0 Å². The van der Waals surface area contributed by atoms with Gasteiger partial charge < -0.3 is 0 Å². The van der Waals surface area contributed by atoms with E-state index < -0.39 is 22.3 Å². The minimum absolute atomic E-state index is 0.0930. The van der Waals surface area contributed by atoms with E-state index in [4.69, 9.17) is 5.26 Å². The molecule has 0 fully saturated rings. The van der Waals surface area contributed by atoms with Crippen LogP contribution in [0.4, 0.5) is 10.1 Å². The van der Waals surface area contributed by atoms with Gasteiger partial charge >= 0.3 is 5.69 Å². The van der Waals surface area contributed by atoms with Crippen molar-refractivity contribution in [3.8, 4) is 6.07 Å². The highest BCUT2D eigenvalue weighted by Crippen LogP contribution is 2.35. The number of halogens is 1. The second-order valence-corrected chi connectivity index (χ2v) is 4.20. The van der Waals surface area contributed by atoms with Crippen LogP contribution in [-0.2, 0) is 0 Å². The van der Waals surface area contributed by atoms with Gasteiger partial charge in [0.15, 0.2) is 0 Å². The fourth-order valence-electron chi connectivity index (χ4n) is 2.14.